The van der Waals surface area contributed by atoms with Gasteiger partial charge in [-0.3, -0.25) is 0 Å². The maximum absolute atomic E-state index is 9.97. The fraction of sp³-hybridized carbons (Fsp3) is 0.857. The lowest BCUT2D eigenvalue weighted by atomic mass is 10.0. The van der Waals surface area contributed by atoms with Crippen molar-refractivity contribution in [2.75, 3.05) is 6.61 Å². The lowest BCUT2D eigenvalue weighted by Gasteiger charge is -2.27. The third kappa shape index (κ3) is 4.26. The van der Waals surface area contributed by atoms with E-state index < -0.39 is 43.5 Å². The standard InChI is InChI=1S/C7H14O9/c8-1-2(9)3(10)4(11)5(12)6(13)16-7(14)15/h2-6,8-13H,1H2,(H,14,15)/t2-,3-,4-,5-,6?/m1/s1. The zero-order valence-electron chi connectivity index (χ0n) is 8.04. The molecule has 0 radical (unpaired) electrons. The lowest BCUT2D eigenvalue weighted by molar-refractivity contribution is -0.195. The maximum Gasteiger partial charge on any atom is 0.508 e. The molecule has 0 amide bonds. The summed E-state index contributed by atoms with van der Waals surface area (Å²) in [6.45, 7) is -0.888. The van der Waals surface area contributed by atoms with Crippen molar-refractivity contribution < 1.29 is 45.3 Å². The van der Waals surface area contributed by atoms with E-state index in [1.165, 1.54) is 0 Å². The van der Waals surface area contributed by atoms with Gasteiger partial charge in [-0.2, -0.15) is 0 Å². The number of carbonyl (C=O) groups is 1. The van der Waals surface area contributed by atoms with E-state index in [9.17, 15) is 4.79 Å². The fourth-order valence-corrected chi connectivity index (χ4v) is 0.879. The predicted octanol–water partition coefficient (Wildman–Crippen LogP) is -3.56. The van der Waals surface area contributed by atoms with Gasteiger partial charge in [0.15, 0.2) is 0 Å². The Kier molecular flexibility index (Phi) is 6.18. The minimum absolute atomic E-state index is 0.888. The topological polar surface area (TPSA) is 168 Å². The smallest absolute Gasteiger partial charge is 0.450 e. The Labute approximate surface area is 89.8 Å². The molecule has 96 valence electrons. The van der Waals surface area contributed by atoms with Crippen LogP contribution in [0.2, 0.25) is 0 Å². The van der Waals surface area contributed by atoms with Crippen LogP contribution < -0.4 is 0 Å². The van der Waals surface area contributed by atoms with Crippen LogP contribution in [-0.2, 0) is 4.74 Å². The highest BCUT2D eigenvalue weighted by molar-refractivity contribution is 5.56. The highest BCUT2D eigenvalue weighted by atomic mass is 16.7. The van der Waals surface area contributed by atoms with E-state index in [0.29, 0.717) is 0 Å². The van der Waals surface area contributed by atoms with Crippen LogP contribution in [0.4, 0.5) is 4.79 Å². The van der Waals surface area contributed by atoms with E-state index >= 15 is 0 Å². The molecule has 0 aromatic rings. The monoisotopic (exact) mass is 242 g/mol. The Hall–Kier alpha value is -0.970. The molecule has 0 aliphatic carbocycles. The Morgan fingerprint density at radius 3 is 1.88 bits per heavy atom. The van der Waals surface area contributed by atoms with Gasteiger partial charge < -0.3 is 40.5 Å². The van der Waals surface area contributed by atoms with Gasteiger partial charge in [0.05, 0.1) is 6.61 Å². The summed E-state index contributed by atoms with van der Waals surface area (Å²) in [5.74, 6) is 0. The van der Waals surface area contributed by atoms with Gasteiger partial charge in [0.2, 0.25) is 6.29 Å². The van der Waals surface area contributed by atoms with Crippen molar-refractivity contribution in [1.82, 2.24) is 0 Å². The normalized spacial score (nSPS) is 20.6. The quantitative estimate of drug-likeness (QED) is 0.184. The molecule has 0 aromatic heterocycles. The Bertz CT molecular complexity index is 220. The third-order valence-corrected chi connectivity index (χ3v) is 1.79. The van der Waals surface area contributed by atoms with Crippen LogP contribution in [-0.4, -0.2) is 79.2 Å². The van der Waals surface area contributed by atoms with Crippen molar-refractivity contribution in [3.05, 3.63) is 0 Å². The summed E-state index contributed by atoms with van der Waals surface area (Å²) < 4.78 is 3.70. The van der Waals surface area contributed by atoms with Gasteiger partial charge in [-0.1, -0.05) is 0 Å². The van der Waals surface area contributed by atoms with Crippen LogP contribution in [0.5, 0.6) is 0 Å². The second-order valence-corrected chi connectivity index (χ2v) is 3.00. The van der Waals surface area contributed by atoms with Crippen molar-refractivity contribution in [3.63, 3.8) is 0 Å². The first-order chi connectivity index (χ1) is 7.31. The van der Waals surface area contributed by atoms with Crippen molar-refractivity contribution in [1.29, 1.82) is 0 Å². The number of hydrogen-bond acceptors (Lipinski definition) is 8. The van der Waals surface area contributed by atoms with Crippen LogP contribution in [0, 0.1) is 0 Å². The molecule has 0 aliphatic heterocycles. The first kappa shape index (κ1) is 15.0. The summed E-state index contributed by atoms with van der Waals surface area (Å²) in [6.07, 6.45) is -12.1. The molecule has 5 atom stereocenters. The zero-order valence-corrected chi connectivity index (χ0v) is 8.04. The molecule has 0 aliphatic rings. The largest absolute Gasteiger partial charge is 0.508 e. The number of carboxylic acid groups (broad SMARTS) is 1. The third-order valence-electron chi connectivity index (χ3n) is 1.79. The van der Waals surface area contributed by atoms with Gasteiger partial charge in [-0.25, -0.2) is 4.79 Å². The fourth-order valence-electron chi connectivity index (χ4n) is 0.879. The average Bonchev–Trinajstić information content (AvgIpc) is 2.23. The number of hydrogen-bond donors (Lipinski definition) is 7. The van der Waals surface area contributed by atoms with Crippen molar-refractivity contribution in [3.8, 4) is 0 Å². The summed E-state index contributed by atoms with van der Waals surface area (Å²) >= 11 is 0. The van der Waals surface area contributed by atoms with E-state index in [0.717, 1.165) is 0 Å². The van der Waals surface area contributed by atoms with Crippen molar-refractivity contribution >= 4 is 6.16 Å². The molecule has 0 saturated carbocycles. The highest BCUT2D eigenvalue weighted by Crippen LogP contribution is 2.09. The highest BCUT2D eigenvalue weighted by Gasteiger charge is 2.35. The van der Waals surface area contributed by atoms with Gasteiger partial charge in [-0.05, 0) is 0 Å². The first-order valence-corrected chi connectivity index (χ1v) is 4.22. The second kappa shape index (κ2) is 6.58. The number of aliphatic hydroxyl groups excluding tert-OH is 6. The summed E-state index contributed by atoms with van der Waals surface area (Å²) in [5.41, 5.74) is 0. The molecular weight excluding hydrogens is 228 g/mol. The minimum Gasteiger partial charge on any atom is -0.450 e. The summed E-state index contributed by atoms with van der Waals surface area (Å²) in [6, 6.07) is 0. The molecule has 0 aromatic carbocycles. The van der Waals surface area contributed by atoms with Crippen LogP contribution >= 0.6 is 0 Å². The Balaban J connectivity index is 4.35. The molecule has 0 rings (SSSR count). The molecule has 0 spiro atoms. The maximum atomic E-state index is 9.97. The molecular formula is C7H14O9. The summed E-state index contributed by atoms with van der Waals surface area (Å²) in [5, 5.41) is 61.7. The Morgan fingerprint density at radius 1 is 1.00 bits per heavy atom. The summed E-state index contributed by atoms with van der Waals surface area (Å²) in [7, 11) is 0. The van der Waals surface area contributed by atoms with Gasteiger partial charge in [0.1, 0.15) is 24.4 Å². The van der Waals surface area contributed by atoms with Crippen molar-refractivity contribution in [2.45, 2.75) is 30.7 Å². The molecule has 9 nitrogen and oxygen atoms in total. The predicted molar refractivity (Wildman–Crippen MR) is 46.2 cm³/mol. The molecule has 1 unspecified atom stereocenters. The van der Waals surface area contributed by atoms with Crippen molar-refractivity contribution in [2.24, 2.45) is 0 Å². The zero-order chi connectivity index (χ0) is 12.9. The molecule has 7 N–H and O–H groups in total. The van der Waals surface area contributed by atoms with Crippen LogP contribution in [0.15, 0.2) is 0 Å². The number of rotatable bonds is 6. The number of ether oxygens (including phenoxy) is 1. The van der Waals surface area contributed by atoms with Crippen LogP contribution in [0.25, 0.3) is 0 Å². The molecule has 0 saturated heterocycles. The van der Waals surface area contributed by atoms with Crippen LogP contribution in [0.3, 0.4) is 0 Å². The van der Waals surface area contributed by atoms with E-state index in [1.54, 1.807) is 0 Å². The molecule has 0 fully saturated rings. The van der Waals surface area contributed by atoms with E-state index in [4.69, 9.17) is 35.7 Å². The lowest BCUT2D eigenvalue weighted by Crippen LogP contribution is -2.50. The van der Waals surface area contributed by atoms with E-state index in [1.807, 2.05) is 0 Å². The molecule has 9 heteroatoms. The van der Waals surface area contributed by atoms with Gasteiger partial charge >= 0.3 is 6.16 Å². The molecule has 16 heavy (non-hydrogen) atoms. The van der Waals surface area contributed by atoms with Gasteiger partial charge in [0, 0.05) is 0 Å². The SMILES string of the molecule is O=C(O)OC(O)[C@H](O)[C@H](O)[C@H](O)[C@H](O)CO. The van der Waals surface area contributed by atoms with Gasteiger partial charge in [-0.15, -0.1) is 0 Å². The minimum atomic E-state index is -2.28. The van der Waals surface area contributed by atoms with Gasteiger partial charge in [0.25, 0.3) is 0 Å². The second-order valence-electron chi connectivity index (χ2n) is 3.00. The summed E-state index contributed by atoms with van der Waals surface area (Å²) in [4.78, 5) is 9.97. The number of aliphatic hydroxyl groups is 6. The molecule has 0 bridgehead atoms. The Morgan fingerprint density at radius 2 is 1.50 bits per heavy atom. The van der Waals surface area contributed by atoms with Crippen LogP contribution in [0.1, 0.15) is 0 Å². The average molecular weight is 242 g/mol. The molecule has 0 heterocycles. The van der Waals surface area contributed by atoms with E-state index in [2.05, 4.69) is 4.74 Å². The first-order valence-electron chi connectivity index (χ1n) is 4.22. The van der Waals surface area contributed by atoms with E-state index in [-0.39, 0.29) is 0 Å².